The molecule has 0 heterocycles. The van der Waals surface area contributed by atoms with Gasteiger partial charge in [0.05, 0.1) is 6.61 Å². The minimum absolute atomic E-state index is 0.00652. The number of rotatable bonds is 8. The molecule has 1 nitrogen and oxygen atoms in total. The molecule has 0 radical (unpaired) electrons. The Kier molecular flexibility index (Phi) is 6.27. The molecule has 0 bridgehead atoms. The van der Waals surface area contributed by atoms with E-state index in [0.29, 0.717) is 0 Å². The lowest BCUT2D eigenvalue weighted by Gasteiger charge is -2.26. The van der Waals surface area contributed by atoms with E-state index in [4.69, 9.17) is 4.74 Å². The summed E-state index contributed by atoms with van der Waals surface area (Å²) in [5.41, 5.74) is 4.13. The van der Waals surface area contributed by atoms with Gasteiger partial charge in [-0.25, -0.2) is 0 Å². The van der Waals surface area contributed by atoms with Crippen LogP contribution in [-0.4, -0.2) is 6.61 Å². The Hall–Kier alpha value is -1.76. The van der Waals surface area contributed by atoms with Crippen molar-refractivity contribution in [1.29, 1.82) is 0 Å². The molecule has 0 aliphatic rings. The lowest BCUT2D eigenvalue weighted by Crippen LogP contribution is -2.18. The predicted molar refractivity (Wildman–Crippen MR) is 99.4 cm³/mol. The third-order valence-electron chi connectivity index (χ3n) is 4.54. The highest BCUT2D eigenvalue weighted by Crippen LogP contribution is 2.32. The van der Waals surface area contributed by atoms with Crippen molar-refractivity contribution >= 4 is 0 Å². The van der Waals surface area contributed by atoms with Gasteiger partial charge in [0, 0.05) is 5.41 Å². The summed E-state index contributed by atoms with van der Waals surface area (Å²) in [6.07, 6.45) is 4.74. The van der Waals surface area contributed by atoms with Crippen molar-refractivity contribution in [2.45, 2.75) is 58.8 Å². The molecule has 2 aromatic rings. The first kappa shape index (κ1) is 17.6. The van der Waals surface area contributed by atoms with Crippen LogP contribution in [0.15, 0.2) is 48.5 Å². The maximum atomic E-state index is 5.68. The monoisotopic (exact) mass is 310 g/mol. The highest BCUT2D eigenvalue weighted by Gasteiger charge is 2.22. The molecule has 0 amide bonds. The van der Waals surface area contributed by atoms with Gasteiger partial charge >= 0.3 is 0 Å². The smallest absolute Gasteiger partial charge is 0.119 e. The van der Waals surface area contributed by atoms with Crippen LogP contribution in [0.5, 0.6) is 5.75 Å². The second kappa shape index (κ2) is 8.19. The van der Waals surface area contributed by atoms with Gasteiger partial charge in [-0.05, 0) is 48.1 Å². The summed E-state index contributed by atoms with van der Waals surface area (Å²) in [6.45, 7) is 9.72. The van der Waals surface area contributed by atoms with Crippen LogP contribution in [-0.2, 0) is 11.8 Å². The third-order valence-corrected chi connectivity index (χ3v) is 4.54. The maximum Gasteiger partial charge on any atom is 0.119 e. The molecule has 2 rings (SSSR count). The molecule has 23 heavy (non-hydrogen) atoms. The van der Waals surface area contributed by atoms with Crippen molar-refractivity contribution in [3.05, 3.63) is 65.2 Å². The summed E-state index contributed by atoms with van der Waals surface area (Å²) in [6, 6.07) is 17.7. The summed E-state index contributed by atoms with van der Waals surface area (Å²) in [7, 11) is 0. The molecule has 0 atom stereocenters. The quantitative estimate of drug-likeness (QED) is 0.568. The molecule has 2 aromatic carbocycles. The van der Waals surface area contributed by atoms with E-state index in [0.717, 1.165) is 18.8 Å². The average Bonchev–Trinajstić information content (AvgIpc) is 2.59. The van der Waals surface area contributed by atoms with Crippen molar-refractivity contribution < 1.29 is 4.74 Å². The molecule has 124 valence electrons. The van der Waals surface area contributed by atoms with E-state index in [1.165, 1.54) is 36.0 Å². The Balaban J connectivity index is 2.13. The normalized spacial score (nSPS) is 11.5. The van der Waals surface area contributed by atoms with Gasteiger partial charge in [0.2, 0.25) is 0 Å². The largest absolute Gasteiger partial charge is 0.494 e. The van der Waals surface area contributed by atoms with Gasteiger partial charge in [-0.15, -0.1) is 0 Å². The first-order chi connectivity index (χ1) is 11.1. The molecule has 0 saturated heterocycles. The van der Waals surface area contributed by atoms with Gasteiger partial charge in [0.25, 0.3) is 0 Å². The zero-order valence-corrected chi connectivity index (χ0v) is 15.1. The van der Waals surface area contributed by atoms with Crippen molar-refractivity contribution in [2.24, 2.45) is 0 Å². The number of benzene rings is 2. The molecule has 0 unspecified atom stereocenters. The Morgan fingerprint density at radius 2 is 1.35 bits per heavy atom. The van der Waals surface area contributed by atoms with Crippen LogP contribution in [0.1, 0.15) is 63.6 Å². The van der Waals surface area contributed by atoms with E-state index in [9.17, 15) is 0 Å². The summed E-state index contributed by atoms with van der Waals surface area (Å²) in [4.78, 5) is 0. The summed E-state index contributed by atoms with van der Waals surface area (Å²) in [5.74, 6) is 0.960. The topological polar surface area (TPSA) is 9.23 Å². The zero-order chi connectivity index (χ0) is 16.7. The fourth-order valence-electron chi connectivity index (χ4n) is 2.82. The molecule has 0 aliphatic carbocycles. The second-order valence-corrected chi connectivity index (χ2v) is 6.80. The number of unbranched alkanes of at least 4 members (excludes halogenated alkanes) is 1. The van der Waals surface area contributed by atoms with Crippen LogP contribution < -0.4 is 4.74 Å². The Morgan fingerprint density at radius 3 is 1.87 bits per heavy atom. The second-order valence-electron chi connectivity index (χ2n) is 6.80. The van der Waals surface area contributed by atoms with E-state index in [1.54, 1.807) is 0 Å². The van der Waals surface area contributed by atoms with Gasteiger partial charge < -0.3 is 4.74 Å². The van der Waals surface area contributed by atoms with Crippen LogP contribution in [0.3, 0.4) is 0 Å². The molecule has 0 saturated carbocycles. The van der Waals surface area contributed by atoms with E-state index >= 15 is 0 Å². The van der Waals surface area contributed by atoms with Gasteiger partial charge in [0.1, 0.15) is 5.75 Å². The number of ether oxygens (including phenoxy) is 1. The average molecular weight is 310 g/mol. The van der Waals surface area contributed by atoms with Gasteiger partial charge in [-0.1, -0.05) is 70.5 Å². The van der Waals surface area contributed by atoms with E-state index in [1.807, 2.05) is 0 Å². The first-order valence-electron chi connectivity index (χ1n) is 8.90. The standard InChI is InChI=1S/C22H30O/c1-5-7-8-18-9-11-19(12-10-18)22(3,4)20-13-15-21(16-14-20)23-17-6-2/h9-16H,5-8,17H2,1-4H3. The van der Waals surface area contributed by atoms with E-state index < -0.39 is 0 Å². The highest BCUT2D eigenvalue weighted by atomic mass is 16.5. The SMILES string of the molecule is CCCCc1ccc(C(C)(C)c2ccc(OCCC)cc2)cc1. The van der Waals surface area contributed by atoms with E-state index in [2.05, 4.69) is 76.2 Å². The summed E-state index contributed by atoms with van der Waals surface area (Å²) < 4.78 is 5.68. The number of hydrogen-bond acceptors (Lipinski definition) is 1. The van der Waals surface area contributed by atoms with E-state index in [-0.39, 0.29) is 5.41 Å². The summed E-state index contributed by atoms with van der Waals surface area (Å²) >= 11 is 0. The zero-order valence-electron chi connectivity index (χ0n) is 15.1. The Bertz CT molecular complexity index is 525. The molecule has 0 spiro atoms. The fraction of sp³-hybridized carbons (Fsp3) is 0.455. The molecular weight excluding hydrogens is 280 g/mol. The lowest BCUT2D eigenvalue weighted by molar-refractivity contribution is 0.317. The van der Waals surface area contributed by atoms with Crippen molar-refractivity contribution in [3.8, 4) is 5.75 Å². The number of aryl methyl sites for hydroxylation is 1. The Labute approximate surface area is 141 Å². The number of hydrogen-bond donors (Lipinski definition) is 0. The first-order valence-corrected chi connectivity index (χ1v) is 8.90. The maximum absolute atomic E-state index is 5.68. The van der Waals surface area contributed by atoms with Crippen LogP contribution >= 0.6 is 0 Å². The third kappa shape index (κ3) is 4.60. The molecule has 0 aromatic heterocycles. The van der Waals surface area contributed by atoms with Crippen molar-refractivity contribution in [1.82, 2.24) is 0 Å². The summed E-state index contributed by atoms with van der Waals surface area (Å²) in [5, 5.41) is 0. The molecule has 0 aliphatic heterocycles. The van der Waals surface area contributed by atoms with Crippen molar-refractivity contribution in [2.75, 3.05) is 6.61 Å². The molecule has 1 heteroatoms. The minimum Gasteiger partial charge on any atom is -0.494 e. The van der Waals surface area contributed by atoms with Gasteiger partial charge in [0.15, 0.2) is 0 Å². The van der Waals surface area contributed by atoms with Gasteiger partial charge in [-0.2, -0.15) is 0 Å². The molecule has 0 fully saturated rings. The molecular formula is C22H30O. The Morgan fingerprint density at radius 1 is 0.783 bits per heavy atom. The lowest BCUT2D eigenvalue weighted by atomic mass is 9.78. The van der Waals surface area contributed by atoms with Crippen LogP contribution in [0.2, 0.25) is 0 Å². The predicted octanol–water partition coefficient (Wildman–Crippen LogP) is 6.14. The molecule has 0 N–H and O–H groups in total. The van der Waals surface area contributed by atoms with Crippen molar-refractivity contribution in [3.63, 3.8) is 0 Å². The highest BCUT2D eigenvalue weighted by molar-refractivity contribution is 5.40. The van der Waals surface area contributed by atoms with Crippen LogP contribution in [0.25, 0.3) is 0 Å². The van der Waals surface area contributed by atoms with Crippen LogP contribution in [0.4, 0.5) is 0 Å². The minimum atomic E-state index is 0.00652. The van der Waals surface area contributed by atoms with Gasteiger partial charge in [-0.3, -0.25) is 0 Å². The van der Waals surface area contributed by atoms with Crippen LogP contribution in [0, 0.1) is 0 Å². The fourth-order valence-corrected chi connectivity index (χ4v) is 2.82.